The van der Waals surface area contributed by atoms with Gasteiger partial charge in [-0.3, -0.25) is 0 Å². The fourth-order valence-corrected chi connectivity index (χ4v) is 2.07. The van der Waals surface area contributed by atoms with Gasteiger partial charge in [-0.15, -0.1) is 0 Å². The normalized spacial score (nSPS) is 34.5. The summed E-state index contributed by atoms with van der Waals surface area (Å²) in [5.74, 6) is 1.83. The smallest absolute Gasteiger partial charge is 0.0606 e. The average molecular weight is 169 g/mol. The lowest BCUT2D eigenvalue weighted by Crippen LogP contribution is -2.27. The van der Waals surface area contributed by atoms with Crippen molar-refractivity contribution < 1.29 is 5.21 Å². The van der Waals surface area contributed by atoms with Crippen molar-refractivity contribution in [3.8, 4) is 0 Å². The highest BCUT2D eigenvalue weighted by atomic mass is 16.4. The summed E-state index contributed by atoms with van der Waals surface area (Å²) in [5.41, 5.74) is 1.02. The lowest BCUT2D eigenvalue weighted by atomic mass is 9.76. The first-order chi connectivity index (χ1) is 5.65. The Labute approximate surface area is 74.7 Å². The van der Waals surface area contributed by atoms with Gasteiger partial charge in [-0.2, -0.15) is 0 Å². The van der Waals surface area contributed by atoms with Crippen LogP contribution >= 0.6 is 0 Å². The molecular formula is C10H19NO. The largest absolute Gasteiger partial charge is 0.411 e. The predicted molar refractivity (Wildman–Crippen MR) is 50.6 cm³/mol. The fourth-order valence-electron chi connectivity index (χ4n) is 2.07. The molecule has 0 heterocycles. The monoisotopic (exact) mass is 169 g/mol. The van der Waals surface area contributed by atoms with Crippen LogP contribution in [0.15, 0.2) is 5.16 Å². The van der Waals surface area contributed by atoms with E-state index in [0.29, 0.717) is 17.8 Å². The molecular weight excluding hydrogens is 150 g/mol. The van der Waals surface area contributed by atoms with Gasteiger partial charge >= 0.3 is 0 Å². The minimum absolute atomic E-state index is 0.520. The van der Waals surface area contributed by atoms with E-state index >= 15 is 0 Å². The Morgan fingerprint density at radius 2 is 2.08 bits per heavy atom. The molecule has 1 aliphatic rings. The van der Waals surface area contributed by atoms with Crippen molar-refractivity contribution in [2.24, 2.45) is 22.9 Å². The molecule has 1 aliphatic carbocycles. The van der Waals surface area contributed by atoms with Crippen LogP contribution in [0, 0.1) is 17.8 Å². The highest BCUT2D eigenvalue weighted by molar-refractivity contribution is 5.87. The molecule has 0 spiro atoms. The van der Waals surface area contributed by atoms with E-state index in [1.807, 2.05) is 0 Å². The summed E-state index contributed by atoms with van der Waals surface area (Å²) < 4.78 is 0. The second-order valence-corrected chi connectivity index (χ2v) is 4.33. The first kappa shape index (κ1) is 9.56. The van der Waals surface area contributed by atoms with E-state index in [2.05, 4.69) is 25.9 Å². The zero-order chi connectivity index (χ0) is 9.14. The Bertz CT molecular complexity index is 175. The number of rotatable bonds is 1. The van der Waals surface area contributed by atoms with Crippen molar-refractivity contribution >= 4 is 5.71 Å². The molecule has 1 unspecified atom stereocenters. The van der Waals surface area contributed by atoms with Crippen LogP contribution in [0.2, 0.25) is 0 Å². The Morgan fingerprint density at radius 1 is 1.42 bits per heavy atom. The SMILES string of the molecule is CC1CC[C@@H](C(C)C)C(=NO)C1. The second kappa shape index (κ2) is 3.92. The first-order valence-corrected chi connectivity index (χ1v) is 4.86. The molecule has 0 amide bonds. The van der Waals surface area contributed by atoms with Gasteiger partial charge in [-0.25, -0.2) is 0 Å². The topological polar surface area (TPSA) is 32.6 Å². The summed E-state index contributed by atoms with van der Waals surface area (Å²) in [5, 5.41) is 12.2. The van der Waals surface area contributed by atoms with E-state index in [1.54, 1.807) is 0 Å². The minimum Gasteiger partial charge on any atom is -0.411 e. The van der Waals surface area contributed by atoms with Crippen molar-refractivity contribution in [3.05, 3.63) is 0 Å². The number of hydrogen-bond acceptors (Lipinski definition) is 2. The molecule has 0 aliphatic heterocycles. The highest BCUT2D eigenvalue weighted by Crippen LogP contribution is 2.30. The third kappa shape index (κ3) is 1.99. The summed E-state index contributed by atoms with van der Waals surface area (Å²) >= 11 is 0. The van der Waals surface area contributed by atoms with Gasteiger partial charge in [0.05, 0.1) is 5.71 Å². The van der Waals surface area contributed by atoms with E-state index < -0.39 is 0 Å². The molecule has 0 radical (unpaired) electrons. The molecule has 70 valence electrons. The van der Waals surface area contributed by atoms with Gasteiger partial charge in [0.1, 0.15) is 0 Å². The van der Waals surface area contributed by atoms with Crippen LogP contribution in [0.25, 0.3) is 0 Å². The van der Waals surface area contributed by atoms with Crippen molar-refractivity contribution in [1.82, 2.24) is 0 Å². The predicted octanol–water partition coefficient (Wildman–Crippen LogP) is 2.91. The molecule has 2 atom stereocenters. The van der Waals surface area contributed by atoms with E-state index in [-0.39, 0.29) is 0 Å². The van der Waals surface area contributed by atoms with Gasteiger partial charge in [0.25, 0.3) is 0 Å². The third-order valence-corrected chi connectivity index (χ3v) is 2.89. The molecule has 0 bridgehead atoms. The van der Waals surface area contributed by atoms with E-state index in [4.69, 9.17) is 5.21 Å². The Morgan fingerprint density at radius 3 is 2.58 bits per heavy atom. The number of hydrogen-bond donors (Lipinski definition) is 1. The van der Waals surface area contributed by atoms with Gasteiger partial charge in [-0.05, 0) is 31.1 Å². The standard InChI is InChI=1S/C10H19NO/c1-7(2)9-5-4-8(3)6-10(9)11-12/h7-9,12H,4-6H2,1-3H3/t8?,9-/m0/s1. The van der Waals surface area contributed by atoms with Crippen LogP contribution in [0.3, 0.4) is 0 Å². The van der Waals surface area contributed by atoms with E-state index in [1.165, 1.54) is 12.8 Å². The quantitative estimate of drug-likeness (QED) is 0.475. The van der Waals surface area contributed by atoms with Crippen LogP contribution in [-0.2, 0) is 0 Å². The van der Waals surface area contributed by atoms with Crippen molar-refractivity contribution in [3.63, 3.8) is 0 Å². The van der Waals surface area contributed by atoms with Crippen LogP contribution in [0.4, 0.5) is 0 Å². The van der Waals surface area contributed by atoms with Crippen molar-refractivity contribution in [1.29, 1.82) is 0 Å². The lowest BCUT2D eigenvalue weighted by Gasteiger charge is -2.29. The molecule has 0 aromatic rings. The highest BCUT2D eigenvalue weighted by Gasteiger charge is 2.27. The van der Waals surface area contributed by atoms with Gasteiger partial charge in [-0.1, -0.05) is 25.9 Å². The van der Waals surface area contributed by atoms with Crippen LogP contribution in [0.1, 0.15) is 40.0 Å². The second-order valence-electron chi connectivity index (χ2n) is 4.33. The number of oxime groups is 1. The van der Waals surface area contributed by atoms with Crippen LogP contribution in [0.5, 0.6) is 0 Å². The summed E-state index contributed by atoms with van der Waals surface area (Å²) in [6.07, 6.45) is 3.46. The van der Waals surface area contributed by atoms with Gasteiger partial charge in [0, 0.05) is 5.92 Å². The molecule has 12 heavy (non-hydrogen) atoms. The van der Waals surface area contributed by atoms with Crippen molar-refractivity contribution in [2.45, 2.75) is 40.0 Å². The molecule has 2 heteroatoms. The molecule has 0 aromatic heterocycles. The molecule has 1 fully saturated rings. The van der Waals surface area contributed by atoms with Crippen LogP contribution < -0.4 is 0 Å². The Kier molecular flexibility index (Phi) is 3.12. The maximum atomic E-state index is 8.82. The molecule has 2 nitrogen and oxygen atoms in total. The lowest BCUT2D eigenvalue weighted by molar-refractivity contribution is 0.291. The summed E-state index contributed by atoms with van der Waals surface area (Å²) in [6.45, 7) is 6.62. The minimum atomic E-state index is 0.520. The Hall–Kier alpha value is -0.530. The molecule has 1 N–H and O–H groups in total. The molecule has 0 aromatic carbocycles. The first-order valence-electron chi connectivity index (χ1n) is 4.86. The van der Waals surface area contributed by atoms with Crippen LogP contribution in [-0.4, -0.2) is 10.9 Å². The average Bonchev–Trinajstić information content (AvgIpc) is 2.03. The summed E-state index contributed by atoms with van der Waals surface area (Å²) in [4.78, 5) is 0. The zero-order valence-electron chi connectivity index (χ0n) is 8.25. The zero-order valence-corrected chi connectivity index (χ0v) is 8.25. The fraction of sp³-hybridized carbons (Fsp3) is 0.900. The molecule has 0 saturated heterocycles. The Balaban J connectivity index is 2.63. The maximum Gasteiger partial charge on any atom is 0.0606 e. The molecule has 1 saturated carbocycles. The maximum absolute atomic E-state index is 8.82. The van der Waals surface area contributed by atoms with Gasteiger partial charge in [0.2, 0.25) is 0 Å². The van der Waals surface area contributed by atoms with Gasteiger partial charge in [0.15, 0.2) is 0 Å². The third-order valence-electron chi connectivity index (χ3n) is 2.89. The summed E-state index contributed by atoms with van der Waals surface area (Å²) in [7, 11) is 0. The van der Waals surface area contributed by atoms with E-state index in [9.17, 15) is 0 Å². The van der Waals surface area contributed by atoms with E-state index in [0.717, 1.165) is 12.1 Å². The van der Waals surface area contributed by atoms with Gasteiger partial charge < -0.3 is 5.21 Å². The number of nitrogens with zero attached hydrogens (tertiary/aromatic N) is 1. The van der Waals surface area contributed by atoms with Crippen molar-refractivity contribution in [2.75, 3.05) is 0 Å². The summed E-state index contributed by atoms with van der Waals surface area (Å²) in [6, 6.07) is 0. The molecule has 1 rings (SSSR count).